The summed E-state index contributed by atoms with van der Waals surface area (Å²) in [6, 6.07) is 5.04. The molecule has 7 nitrogen and oxygen atoms in total. The minimum Gasteiger partial charge on any atom is -0.507 e. The summed E-state index contributed by atoms with van der Waals surface area (Å²) in [4.78, 5) is 23.2. The van der Waals surface area contributed by atoms with Crippen molar-refractivity contribution >= 4 is 17.4 Å². The second-order valence-electron chi connectivity index (χ2n) is 9.93. The van der Waals surface area contributed by atoms with Crippen LogP contribution in [0.5, 0.6) is 5.75 Å². The fraction of sp³-hybridized carbons (Fsp3) is 0.480. The summed E-state index contributed by atoms with van der Waals surface area (Å²) in [5.41, 5.74) is 6.11. The normalized spacial score (nSPS) is 22.1. The van der Waals surface area contributed by atoms with Gasteiger partial charge in [-0.1, -0.05) is 6.92 Å². The summed E-state index contributed by atoms with van der Waals surface area (Å²) in [6.07, 6.45) is -3.10. The lowest BCUT2D eigenvalue weighted by atomic mass is 9.89. The minimum absolute atomic E-state index is 0.0214. The first kappa shape index (κ1) is 25.0. The third-order valence-corrected chi connectivity index (χ3v) is 6.56. The van der Waals surface area contributed by atoms with E-state index in [1.165, 1.54) is 13.0 Å². The van der Waals surface area contributed by atoms with Gasteiger partial charge in [0.1, 0.15) is 11.6 Å². The molecule has 2 fully saturated rings. The van der Waals surface area contributed by atoms with Crippen LogP contribution >= 0.6 is 0 Å². The molecule has 1 aliphatic heterocycles. The average molecular weight is 491 g/mol. The van der Waals surface area contributed by atoms with Crippen molar-refractivity contribution in [3.63, 3.8) is 0 Å². The lowest BCUT2D eigenvalue weighted by Crippen LogP contribution is -2.31. The Morgan fingerprint density at radius 1 is 1.34 bits per heavy atom. The molecule has 0 bridgehead atoms. The maximum absolute atomic E-state index is 13.1. The van der Waals surface area contributed by atoms with E-state index in [1.54, 1.807) is 13.0 Å². The van der Waals surface area contributed by atoms with E-state index in [0.29, 0.717) is 42.9 Å². The van der Waals surface area contributed by atoms with Crippen molar-refractivity contribution in [2.24, 2.45) is 10.4 Å². The first-order valence-electron chi connectivity index (χ1n) is 11.5. The molecule has 2 heterocycles. The lowest BCUT2D eigenvalue weighted by molar-refractivity contribution is -0.137. The smallest absolute Gasteiger partial charge is 0.416 e. The van der Waals surface area contributed by atoms with Crippen LogP contribution in [0.15, 0.2) is 29.3 Å². The van der Waals surface area contributed by atoms with Gasteiger partial charge in [-0.05, 0) is 56.5 Å². The number of rotatable bonds is 6. The summed E-state index contributed by atoms with van der Waals surface area (Å²) in [5, 5.41) is 20.7. The molecule has 1 saturated carbocycles. The number of aliphatic imine (C=N–C) groups is 1. The van der Waals surface area contributed by atoms with E-state index in [0.717, 1.165) is 18.9 Å². The number of carbonyl (C=O) groups excluding carboxylic acids is 1. The van der Waals surface area contributed by atoms with E-state index in [4.69, 9.17) is 5.73 Å². The molecule has 0 radical (unpaired) electrons. The fourth-order valence-electron chi connectivity index (χ4n) is 4.66. The molecular weight excluding hydrogens is 461 g/mol. The molecule has 2 aliphatic rings. The molecule has 2 atom stereocenters. The first-order valence-corrected chi connectivity index (χ1v) is 11.5. The number of carbonyl (C=O) groups is 1. The molecule has 1 amide bonds. The number of nitrogens with two attached hydrogens (primary N) is 1. The Morgan fingerprint density at radius 2 is 2.03 bits per heavy atom. The van der Waals surface area contributed by atoms with Crippen LogP contribution in [0.3, 0.4) is 0 Å². The number of halogens is 3. The summed E-state index contributed by atoms with van der Waals surface area (Å²) >= 11 is 0. The summed E-state index contributed by atoms with van der Waals surface area (Å²) in [5.74, 6) is -0.408. The fourth-order valence-corrected chi connectivity index (χ4v) is 4.66. The van der Waals surface area contributed by atoms with Crippen molar-refractivity contribution in [2.45, 2.75) is 58.4 Å². The molecule has 1 saturated heterocycles. The average Bonchev–Trinajstić information content (AvgIpc) is 3.52. The Balaban J connectivity index is 1.62. The van der Waals surface area contributed by atoms with Gasteiger partial charge >= 0.3 is 6.18 Å². The lowest BCUT2D eigenvalue weighted by Gasteiger charge is -2.23. The number of aromatic nitrogens is 1. The minimum atomic E-state index is -4.59. The highest BCUT2D eigenvalue weighted by molar-refractivity contribution is 6.07. The molecule has 2 unspecified atom stereocenters. The molecule has 2 aromatic rings. The molecule has 4 N–H and O–H groups in total. The van der Waals surface area contributed by atoms with Gasteiger partial charge in [-0.25, -0.2) is 4.98 Å². The van der Waals surface area contributed by atoms with Crippen molar-refractivity contribution in [3.8, 4) is 17.0 Å². The van der Waals surface area contributed by atoms with Crippen LogP contribution in [0.2, 0.25) is 0 Å². The number of pyridine rings is 1. The molecule has 10 heteroatoms. The van der Waals surface area contributed by atoms with Gasteiger partial charge in [0.15, 0.2) is 0 Å². The highest BCUT2D eigenvalue weighted by atomic mass is 19.4. The third kappa shape index (κ3) is 5.12. The maximum Gasteiger partial charge on any atom is 0.416 e. The summed E-state index contributed by atoms with van der Waals surface area (Å²) in [7, 11) is 0. The van der Waals surface area contributed by atoms with Gasteiger partial charge in [-0.2, -0.15) is 13.2 Å². The summed E-state index contributed by atoms with van der Waals surface area (Å²) in [6.45, 7) is 5.94. The topological polar surface area (TPSA) is 112 Å². The number of hydrogen-bond donors (Lipinski definition) is 3. The molecule has 4 rings (SSSR count). The van der Waals surface area contributed by atoms with Crippen molar-refractivity contribution in [2.75, 3.05) is 18.8 Å². The maximum atomic E-state index is 13.1. The van der Waals surface area contributed by atoms with Gasteiger partial charge in [0.25, 0.3) is 0 Å². The summed E-state index contributed by atoms with van der Waals surface area (Å²) < 4.78 is 39.2. The van der Waals surface area contributed by atoms with E-state index < -0.39 is 23.6 Å². The number of alkyl halides is 3. The van der Waals surface area contributed by atoms with Crippen LogP contribution in [0.4, 0.5) is 19.0 Å². The second kappa shape index (κ2) is 8.82. The molecule has 1 aliphatic carbocycles. The molecular formula is C25H29F3N4O3. The van der Waals surface area contributed by atoms with Crippen LogP contribution in [0, 0.1) is 12.3 Å². The molecule has 1 aromatic carbocycles. The van der Waals surface area contributed by atoms with Gasteiger partial charge in [-0.3, -0.25) is 9.79 Å². The SMILES string of the molecule is Cc1cc(C(F)(F)F)cc(O)c1-c1ccc(C(=NCC2(C)CC(=O)N(C3CC3)C2)C(C)O)c(N)n1. The molecule has 1 aromatic heterocycles. The zero-order valence-electron chi connectivity index (χ0n) is 19.9. The van der Waals surface area contributed by atoms with E-state index in [9.17, 15) is 28.2 Å². The number of nitrogens with zero attached hydrogens (tertiary/aromatic N) is 3. The Morgan fingerprint density at radius 3 is 2.57 bits per heavy atom. The molecule has 35 heavy (non-hydrogen) atoms. The third-order valence-electron chi connectivity index (χ3n) is 6.56. The zero-order chi connectivity index (χ0) is 25.7. The number of anilines is 1. The van der Waals surface area contributed by atoms with Gasteiger partial charge in [0.2, 0.25) is 5.91 Å². The molecule has 0 spiro atoms. The van der Waals surface area contributed by atoms with Crippen LogP contribution in [-0.4, -0.2) is 57.0 Å². The Labute approximate surface area is 201 Å². The van der Waals surface area contributed by atoms with Gasteiger partial charge < -0.3 is 20.8 Å². The van der Waals surface area contributed by atoms with Crippen molar-refractivity contribution in [1.82, 2.24) is 9.88 Å². The predicted octanol–water partition coefficient (Wildman–Crippen LogP) is 3.93. The number of aromatic hydroxyl groups is 1. The monoisotopic (exact) mass is 490 g/mol. The van der Waals surface area contributed by atoms with E-state index in [2.05, 4.69) is 9.98 Å². The number of amides is 1. The Kier molecular flexibility index (Phi) is 6.29. The van der Waals surface area contributed by atoms with E-state index in [-0.39, 0.29) is 34.0 Å². The largest absolute Gasteiger partial charge is 0.507 e. The number of aryl methyl sites for hydroxylation is 1. The van der Waals surface area contributed by atoms with Gasteiger partial charge in [0, 0.05) is 42.1 Å². The molecule has 188 valence electrons. The zero-order valence-corrected chi connectivity index (χ0v) is 19.9. The number of aliphatic hydroxyl groups excluding tert-OH is 1. The van der Waals surface area contributed by atoms with Gasteiger partial charge in [0.05, 0.1) is 23.1 Å². The van der Waals surface area contributed by atoms with E-state index >= 15 is 0 Å². The second-order valence-corrected chi connectivity index (χ2v) is 9.93. The number of nitrogen functional groups attached to an aromatic ring is 1. The highest BCUT2D eigenvalue weighted by Crippen LogP contribution is 2.40. The Hall–Kier alpha value is -3.14. The quantitative estimate of drug-likeness (QED) is 0.531. The number of phenols is 1. The van der Waals surface area contributed by atoms with Crippen LogP contribution in [0.1, 0.15) is 49.8 Å². The standard InChI is InChI=1S/C25H29F3N4O3/c1-13-8-15(25(26,27)28)9-19(34)21(13)18-7-6-17(23(29)31-18)22(14(2)33)30-11-24(3)10-20(35)32(12-24)16-4-5-16/h6-9,14,16,33-34H,4-5,10-12H2,1-3H3,(H2,29,31). The predicted molar refractivity (Wildman–Crippen MR) is 126 cm³/mol. The Bertz CT molecular complexity index is 1170. The number of benzene rings is 1. The van der Waals surface area contributed by atoms with E-state index in [1.807, 2.05) is 11.8 Å². The van der Waals surface area contributed by atoms with Crippen molar-refractivity contribution in [1.29, 1.82) is 0 Å². The number of hydrogen-bond acceptors (Lipinski definition) is 6. The highest BCUT2D eigenvalue weighted by Gasteiger charge is 2.45. The van der Waals surface area contributed by atoms with Gasteiger partial charge in [-0.15, -0.1) is 0 Å². The van der Waals surface area contributed by atoms with Crippen LogP contribution in [-0.2, 0) is 11.0 Å². The first-order chi connectivity index (χ1) is 16.3. The number of phenolic OH excluding ortho intramolecular Hbond substituents is 1. The van der Waals surface area contributed by atoms with Crippen LogP contribution in [0.25, 0.3) is 11.3 Å². The number of likely N-dealkylation sites (tertiary alicyclic amines) is 1. The van der Waals surface area contributed by atoms with Crippen molar-refractivity contribution < 1.29 is 28.2 Å². The number of aliphatic hydroxyl groups is 1. The van der Waals surface area contributed by atoms with Crippen molar-refractivity contribution in [3.05, 3.63) is 41.0 Å². The van der Waals surface area contributed by atoms with Crippen LogP contribution < -0.4 is 5.73 Å².